The SMILES string of the molecule is CN1C(=O)COc2ccc(NCC(N)CN)cc21. The maximum atomic E-state index is 11.5. The topological polar surface area (TPSA) is 93.6 Å². The molecule has 2 rings (SSSR count). The molecule has 0 bridgehead atoms. The van der Waals surface area contributed by atoms with Crippen molar-refractivity contribution in [3.05, 3.63) is 18.2 Å². The van der Waals surface area contributed by atoms with E-state index >= 15 is 0 Å². The van der Waals surface area contributed by atoms with Crippen LogP contribution < -0.4 is 26.4 Å². The number of fused-ring (bicyclic) bond motifs is 1. The Balaban J connectivity index is 2.13. The number of carbonyl (C=O) groups is 1. The van der Waals surface area contributed by atoms with Gasteiger partial charge < -0.3 is 26.4 Å². The molecule has 1 unspecified atom stereocenters. The van der Waals surface area contributed by atoms with E-state index in [2.05, 4.69) is 5.32 Å². The number of nitrogens with one attached hydrogen (secondary N) is 1. The summed E-state index contributed by atoms with van der Waals surface area (Å²) in [7, 11) is 1.74. The Labute approximate surface area is 106 Å². The average Bonchev–Trinajstić information content (AvgIpc) is 2.40. The lowest BCUT2D eigenvalue weighted by atomic mass is 10.2. The summed E-state index contributed by atoms with van der Waals surface area (Å²) in [4.78, 5) is 13.1. The Morgan fingerprint density at radius 2 is 2.33 bits per heavy atom. The molecule has 1 heterocycles. The molecule has 6 heteroatoms. The molecule has 1 atom stereocenters. The van der Waals surface area contributed by atoms with Gasteiger partial charge in [-0.15, -0.1) is 0 Å². The summed E-state index contributed by atoms with van der Waals surface area (Å²) in [6.07, 6.45) is 0. The van der Waals surface area contributed by atoms with E-state index in [1.165, 1.54) is 0 Å². The number of ether oxygens (including phenoxy) is 1. The van der Waals surface area contributed by atoms with Gasteiger partial charge in [0.15, 0.2) is 6.61 Å². The molecular formula is C12H18N4O2. The van der Waals surface area contributed by atoms with E-state index in [4.69, 9.17) is 16.2 Å². The third-order valence-corrected chi connectivity index (χ3v) is 2.92. The molecule has 18 heavy (non-hydrogen) atoms. The molecule has 0 spiro atoms. The van der Waals surface area contributed by atoms with Crippen molar-refractivity contribution < 1.29 is 9.53 Å². The lowest BCUT2D eigenvalue weighted by molar-refractivity contribution is -0.120. The van der Waals surface area contributed by atoms with Crippen LogP contribution in [0, 0.1) is 0 Å². The van der Waals surface area contributed by atoms with Crippen LogP contribution in [0.15, 0.2) is 18.2 Å². The van der Waals surface area contributed by atoms with E-state index in [0.29, 0.717) is 18.8 Å². The molecule has 0 aliphatic carbocycles. The van der Waals surface area contributed by atoms with Crippen LogP contribution in [0.25, 0.3) is 0 Å². The number of carbonyl (C=O) groups excluding carboxylic acids is 1. The second kappa shape index (κ2) is 5.24. The van der Waals surface area contributed by atoms with Gasteiger partial charge in [0.25, 0.3) is 5.91 Å². The predicted molar refractivity (Wildman–Crippen MR) is 70.9 cm³/mol. The molecule has 0 saturated heterocycles. The van der Waals surface area contributed by atoms with Crippen LogP contribution >= 0.6 is 0 Å². The second-order valence-corrected chi connectivity index (χ2v) is 4.30. The standard InChI is InChI=1S/C12H18N4O2/c1-16-10-4-9(15-6-8(14)5-13)2-3-11(10)18-7-12(16)17/h2-4,8,15H,5-7,13-14H2,1H3. The zero-order chi connectivity index (χ0) is 13.1. The quantitative estimate of drug-likeness (QED) is 0.684. The lowest BCUT2D eigenvalue weighted by Gasteiger charge is -2.26. The predicted octanol–water partition coefficient (Wildman–Crippen LogP) is -0.260. The minimum atomic E-state index is -0.0864. The summed E-state index contributed by atoms with van der Waals surface area (Å²) in [5, 5.41) is 3.18. The molecule has 6 nitrogen and oxygen atoms in total. The first kappa shape index (κ1) is 12.7. The van der Waals surface area contributed by atoms with Crippen LogP contribution in [0.1, 0.15) is 0 Å². The van der Waals surface area contributed by atoms with Crippen LogP contribution in [-0.4, -0.2) is 38.7 Å². The van der Waals surface area contributed by atoms with Gasteiger partial charge in [-0.1, -0.05) is 0 Å². The van der Waals surface area contributed by atoms with Crippen LogP contribution in [0.2, 0.25) is 0 Å². The zero-order valence-corrected chi connectivity index (χ0v) is 10.3. The minimum Gasteiger partial charge on any atom is -0.482 e. The average molecular weight is 250 g/mol. The first-order chi connectivity index (χ1) is 8.61. The third kappa shape index (κ3) is 2.55. The first-order valence-corrected chi connectivity index (χ1v) is 5.84. The zero-order valence-electron chi connectivity index (χ0n) is 10.3. The smallest absolute Gasteiger partial charge is 0.264 e. The molecule has 98 valence electrons. The van der Waals surface area contributed by atoms with Crippen LogP contribution in [0.5, 0.6) is 5.75 Å². The Hall–Kier alpha value is -1.79. The highest BCUT2D eigenvalue weighted by atomic mass is 16.5. The number of nitrogens with two attached hydrogens (primary N) is 2. The highest BCUT2D eigenvalue weighted by molar-refractivity contribution is 5.97. The van der Waals surface area contributed by atoms with Crippen molar-refractivity contribution in [1.82, 2.24) is 0 Å². The number of hydrogen-bond acceptors (Lipinski definition) is 5. The molecule has 0 fully saturated rings. The van der Waals surface area contributed by atoms with Crippen LogP contribution in [-0.2, 0) is 4.79 Å². The van der Waals surface area contributed by atoms with Gasteiger partial charge in [-0.25, -0.2) is 0 Å². The third-order valence-electron chi connectivity index (χ3n) is 2.92. The van der Waals surface area contributed by atoms with E-state index in [1.807, 2.05) is 18.2 Å². The molecule has 1 aliphatic rings. The number of anilines is 2. The fourth-order valence-corrected chi connectivity index (χ4v) is 1.71. The summed E-state index contributed by atoms with van der Waals surface area (Å²) in [6.45, 7) is 1.11. The molecule has 5 N–H and O–H groups in total. The lowest BCUT2D eigenvalue weighted by Crippen LogP contribution is -2.37. The summed E-state index contributed by atoms with van der Waals surface area (Å²) in [6, 6.07) is 5.52. The fourth-order valence-electron chi connectivity index (χ4n) is 1.71. The summed E-state index contributed by atoms with van der Waals surface area (Å²) in [5.41, 5.74) is 12.8. The van der Waals surface area contributed by atoms with Gasteiger partial charge in [0.05, 0.1) is 5.69 Å². The Morgan fingerprint density at radius 3 is 3.06 bits per heavy atom. The fraction of sp³-hybridized carbons (Fsp3) is 0.417. The van der Waals surface area contributed by atoms with Gasteiger partial charge in [-0.2, -0.15) is 0 Å². The molecule has 1 amide bonds. The van der Waals surface area contributed by atoms with E-state index in [9.17, 15) is 4.79 Å². The highest BCUT2D eigenvalue weighted by Gasteiger charge is 2.22. The Morgan fingerprint density at radius 1 is 1.56 bits per heavy atom. The number of rotatable bonds is 4. The van der Waals surface area contributed by atoms with Gasteiger partial charge in [-0.05, 0) is 18.2 Å². The van der Waals surface area contributed by atoms with Gasteiger partial charge in [0, 0.05) is 31.9 Å². The van der Waals surface area contributed by atoms with E-state index in [0.717, 1.165) is 11.4 Å². The van der Waals surface area contributed by atoms with Gasteiger partial charge in [-0.3, -0.25) is 4.79 Å². The molecule has 0 radical (unpaired) electrons. The molecule has 1 aromatic rings. The van der Waals surface area contributed by atoms with Crippen molar-refractivity contribution in [2.45, 2.75) is 6.04 Å². The molecule has 0 aromatic heterocycles. The molecular weight excluding hydrogens is 232 g/mol. The maximum absolute atomic E-state index is 11.5. The Bertz CT molecular complexity index is 450. The highest BCUT2D eigenvalue weighted by Crippen LogP contribution is 2.33. The van der Waals surface area contributed by atoms with Crippen LogP contribution in [0.3, 0.4) is 0 Å². The number of amides is 1. The van der Waals surface area contributed by atoms with Crippen molar-refractivity contribution in [2.75, 3.05) is 37.0 Å². The largest absolute Gasteiger partial charge is 0.482 e. The van der Waals surface area contributed by atoms with Crippen molar-refractivity contribution >= 4 is 17.3 Å². The molecule has 1 aliphatic heterocycles. The van der Waals surface area contributed by atoms with Crippen molar-refractivity contribution in [3.63, 3.8) is 0 Å². The summed E-state index contributed by atoms with van der Waals surface area (Å²) >= 11 is 0. The number of hydrogen-bond donors (Lipinski definition) is 3. The number of likely N-dealkylation sites (N-methyl/N-ethyl adjacent to an activating group) is 1. The number of nitrogens with zero attached hydrogens (tertiary/aromatic N) is 1. The van der Waals surface area contributed by atoms with Crippen LogP contribution in [0.4, 0.5) is 11.4 Å². The van der Waals surface area contributed by atoms with Crippen molar-refractivity contribution in [3.8, 4) is 5.75 Å². The van der Waals surface area contributed by atoms with E-state index in [-0.39, 0.29) is 18.6 Å². The number of benzene rings is 1. The van der Waals surface area contributed by atoms with Crippen molar-refractivity contribution in [2.24, 2.45) is 11.5 Å². The Kier molecular flexibility index (Phi) is 3.69. The normalized spacial score (nSPS) is 15.9. The van der Waals surface area contributed by atoms with Gasteiger partial charge >= 0.3 is 0 Å². The summed E-state index contributed by atoms with van der Waals surface area (Å²) < 4.78 is 5.34. The summed E-state index contributed by atoms with van der Waals surface area (Å²) in [5.74, 6) is 0.657. The van der Waals surface area contributed by atoms with Crippen molar-refractivity contribution in [1.29, 1.82) is 0 Å². The van der Waals surface area contributed by atoms with E-state index in [1.54, 1.807) is 11.9 Å². The second-order valence-electron chi connectivity index (χ2n) is 4.30. The minimum absolute atomic E-state index is 0.0571. The molecule has 0 saturated carbocycles. The van der Waals surface area contributed by atoms with Gasteiger partial charge in [0.1, 0.15) is 5.75 Å². The monoisotopic (exact) mass is 250 g/mol. The van der Waals surface area contributed by atoms with E-state index < -0.39 is 0 Å². The van der Waals surface area contributed by atoms with Gasteiger partial charge in [0.2, 0.25) is 0 Å². The maximum Gasteiger partial charge on any atom is 0.264 e. The molecule has 1 aromatic carbocycles. The first-order valence-electron chi connectivity index (χ1n) is 5.84.